The molecule has 4 heteroatoms. The lowest BCUT2D eigenvalue weighted by molar-refractivity contribution is -0.138. The molecule has 0 radical (unpaired) electrons. The Kier molecular flexibility index (Phi) is 5.49. The van der Waals surface area contributed by atoms with Gasteiger partial charge in [0.05, 0.1) is 5.92 Å². The summed E-state index contributed by atoms with van der Waals surface area (Å²) < 4.78 is 0. The number of rotatable bonds is 7. The molecule has 2 N–H and O–H groups in total. The fraction of sp³-hybridized carbons (Fsp3) is 0.333. The van der Waals surface area contributed by atoms with Crippen LogP contribution in [0.15, 0.2) is 60.7 Å². The van der Waals surface area contributed by atoms with E-state index < -0.39 is 11.9 Å². The number of amides is 1. The van der Waals surface area contributed by atoms with Crippen LogP contribution < -0.4 is 5.32 Å². The van der Waals surface area contributed by atoms with Gasteiger partial charge in [-0.1, -0.05) is 60.7 Å². The number of carbonyl (C=O) groups excluding carboxylic acids is 1. The first-order valence-electron chi connectivity index (χ1n) is 8.73. The Balaban J connectivity index is 1.45. The van der Waals surface area contributed by atoms with Crippen molar-refractivity contribution >= 4 is 11.9 Å². The van der Waals surface area contributed by atoms with Crippen LogP contribution in [-0.4, -0.2) is 23.5 Å². The zero-order valence-corrected chi connectivity index (χ0v) is 14.1. The normalized spacial score (nSPS) is 20.3. The summed E-state index contributed by atoms with van der Waals surface area (Å²) in [7, 11) is 0. The Morgan fingerprint density at radius 2 is 1.60 bits per heavy atom. The highest BCUT2D eigenvalue weighted by Crippen LogP contribution is 2.43. The first-order valence-corrected chi connectivity index (χ1v) is 8.73. The standard InChI is InChI=1S/C21H23NO3/c23-20(13-15-11-18(12-15)16-7-3-1-4-8-16)22-14-19(21(24)25)17-9-5-2-6-10-17/h1-10,15,18-19H,11-14H2,(H,22,23)(H,24,25). The van der Waals surface area contributed by atoms with E-state index in [2.05, 4.69) is 17.4 Å². The van der Waals surface area contributed by atoms with Gasteiger partial charge >= 0.3 is 5.97 Å². The molecule has 1 amide bonds. The minimum absolute atomic E-state index is 0.0568. The monoisotopic (exact) mass is 337 g/mol. The van der Waals surface area contributed by atoms with Crippen LogP contribution in [0.25, 0.3) is 0 Å². The van der Waals surface area contributed by atoms with Gasteiger partial charge in [-0.3, -0.25) is 9.59 Å². The van der Waals surface area contributed by atoms with E-state index in [-0.39, 0.29) is 12.5 Å². The first kappa shape index (κ1) is 17.2. The Labute approximate surface area is 147 Å². The quantitative estimate of drug-likeness (QED) is 0.812. The summed E-state index contributed by atoms with van der Waals surface area (Å²) in [4.78, 5) is 23.6. The second kappa shape index (κ2) is 7.97. The molecule has 25 heavy (non-hydrogen) atoms. The number of benzene rings is 2. The van der Waals surface area contributed by atoms with Crippen LogP contribution in [0.3, 0.4) is 0 Å². The molecule has 1 unspecified atom stereocenters. The fourth-order valence-corrected chi connectivity index (χ4v) is 3.48. The zero-order valence-electron chi connectivity index (χ0n) is 14.1. The van der Waals surface area contributed by atoms with Crippen molar-refractivity contribution in [3.63, 3.8) is 0 Å². The second-order valence-electron chi connectivity index (χ2n) is 6.75. The van der Waals surface area contributed by atoms with Gasteiger partial charge < -0.3 is 10.4 Å². The third-order valence-electron chi connectivity index (χ3n) is 4.98. The molecule has 0 aliphatic heterocycles. The van der Waals surface area contributed by atoms with E-state index in [1.807, 2.05) is 36.4 Å². The molecule has 1 aliphatic rings. The molecule has 0 bridgehead atoms. The second-order valence-corrected chi connectivity index (χ2v) is 6.75. The number of carboxylic acid groups (broad SMARTS) is 1. The van der Waals surface area contributed by atoms with E-state index in [0.717, 1.165) is 12.8 Å². The van der Waals surface area contributed by atoms with Crippen LogP contribution in [0.4, 0.5) is 0 Å². The summed E-state index contributed by atoms with van der Waals surface area (Å²) in [6.45, 7) is 0.132. The average molecular weight is 337 g/mol. The molecule has 0 saturated heterocycles. The molecule has 4 nitrogen and oxygen atoms in total. The number of aliphatic carboxylic acids is 1. The van der Waals surface area contributed by atoms with Gasteiger partial charge in [-0.2, -0.15) is 0 Å². The van der Waals surface area contributed by atoms with Gasteiger partial charge in [0.2, 0.25) is 5.91 Å². The molecule has 2 aromatic carbocycles. The highest BCUT2D eigenvalue weighted by molar-refractivity contribution is 5.80. The number of carbonyl (C=O) groups is 2. The summed E-state index contributed by atoms with van der Waals surface area (Å²) in [5.74, 6) is -0.734. The van der Waals surface area contributed by atoms with Crippen LogP contribution in [0.2, 0.25) is 0 Å². The van der Waals surface area contributed by atoms with E-state index in [4.69, 9.17) is 0 Å². The Bertz CT molecular complexity index is 708. The van der Waals surface area contributed by atoms with Gasteiger partial charge in [0.1, 0.15) is 0 Å². The lowest BCUT2D eigenvalue weighted by atomic mass is 9.70. The summed E-state index contributed by atoms with van der Waals surface area (Å²) in [6.07, 6.45) is 2.53. The Morgan fingerprint density at radius 3 is 2.20 bits per heavy atom. The SMILES string of the molecule is O=C(CC1CC(c2ccccc2)C1)NCC(C(=O)O)c1ccccc1. The van der Waals surface area contributed by atoms with Crippen LogP contribution >= 0.6 is 0 Å². The average Bonchev–Trinajstić information content (AvgIpc) is 2.59. The maximum absolute atomic E-state index is 12.1. The van der Waals surface area contributed by atoms with Gasteiger partial charge in [0.25, 0.3) is 0 Å². The molecule has 1 atom stereocenters. The lowest BCUT2D eigenvalue weighted by Gasteiger charge is -2.35. The largest absolute Gasteiger partial charge is 0.481 e. The summed E-state index contributed by atoms with van der Waals surface area (Å²) >= 11 is 0. The van der Waals surface area contributed by atoms with Crippen molar-refractivity contribution < 1.29 is 14.7 Å². The molecular formula is C21H23NO3. The van der Waals surface area contributed by atoms with Gasteiger partial charge in [0, 0.05) is 13.0 Å². The Hall–Kier alpha value is -2.62. The highest BCUT2D eigenvalue weighted by Gasteiger charge is 2.31. The van der Waals surface area contributed by atoms with Gasteiger partial charge in [0.15, 0.2) is 0 Å². The molecule has 1 fully saturated rings. The summed E-state index contributed by atoms with van der Waals surface area (Å²) in [6, 6.07) is 19.4. The molecule has 3 rings (SSSR count). The van der Waals surface area contributed by atoms with Crippen LogP contribution in [-0.2, 0) is 9.59 Å². The van der Waals surface area contributed by atoms with Crippen LogP contribution in [0, 0.1) is 5.92 Å². The van der Waals surface area contributed by atoms with Crippen molar-refractivity contribution in [3.05, 3.63) is 71.8 Å². The fourth-order valence-electron chi connectivity index (χ4n) is 3.48. The molecule has 2 aromatic rings. The topological polar surface area (TPSA) is 66.4 Å². The third-order valence-corrected chi connectivity index (χ3v) is 4.98. The number of hydrogen-bond donors (Lipinski definition) is 2. The van der Waals surface area contributed by atoms with Crippen molar-refractivity contribution in [1.29, 1.82) is 0 Å². The smallest absolute Gasteiger partial charge is 0.312 e. The number of hydrogen-bond acceptors (Lipinski definition) is 2. The molecule has 1 saturated carbocycles. The number of carboxylic acids is 1. The minimum Gasteiger partial charge on any atom is -0.481 e. The van der Waals surface area contributed by atoms with Crippen LogP contribution in [0.1, 0.15) is 42.2 Å². The van der Waals surface area contributed by atoms with Crippen molar-refractivity contribution in [2.45, 2.75) is 31.1 Å². The third kappa shape index (κ3) is 4.47. The van der Waals surface area contributed by atoms with Crippen molar-refractivity contribution in [3.8, 4) is 0 Å². The van der Waals surface area contributed by atoms with Gasteiger partial charge in [-0.05, 0) is 35.8 Å². The van der Waals surface area contributed by atoms with Gasteiger partial charge in [-0.15, -0.1) is 0 Å². The summed E-state index contributed by atoms with van der Waals surface area (Å²) in [5, 5.41) is 12.2. The molecule has 130 valence electrons. The van der Waals surface area contributed by atoms with E-state index >= 15 is 0 Å². The van der Waals surface area contributed by atoms with E-state index in [0.29, 0.717) is 23.8 Å². The Morgan fingerprint density at radius 1 is 1.00 bits per heavy atom. The maximum atomic E-state index is 12.1. The predicted molar refractivity (Wildman–Crippen MR) is 96.4 cm³/mol. The van der Waals surface area contributed by atoms with Crippen molar-refractivity contribution in [1.82, 2.24) is 5.32 Å². The predicted octanol–water partition coefficient (Wildman–Crippen LogP) is 3.55. The van der Waals surface area contributed by atoms with E-state index in [9.17, 15) is 14.7 Å². The lowest BCUT2D eigenvalue weighted by Crippen LogP contribution is -2.34. The molecule has 0 heterocycles. The van der Waals surface area contributed by atoms with Crippen molar-refractivity contribution in [2.24, 2.45) is 5.92 Å². The maximum Gasteiger partial charge on any atom is 0.312 e. The molecule has 0 aromatic heterocycles. The van der Waals surface area contributed by atoms with E-state index in [1.165, 1.54) is 5.56 Å². The highest BCUT2D eigenvalue weighted by atomic mass is 16.4. The minimum atomic E-state index is -0.917. The van der Waals surface area contributed by atoms with Crippen molar-refractivity contribution in [2.75, 3.05) is 6.54 Å². The summed E-state index contributed by atoms with van der Waals surface area (Å²) in [5.41, 5.74) is 2.05. The first-order chi connectivity index (χ1) is 12.1. The molecule has 1 aliphatic carbocycles. The number of nitrogens with one attached hydrogen (secondary N) is 1. The zero-order chi connectivity index (χ0) is 17.6. The molecule has 0 spiro atoms. The molecular weight excluding hydrogens is 314 g/mol. The van der Waals surface area contributed by atoms with E-state index in [1.54, 1.807) is 12.1 Å². The van der Waals surface area contributed by atoms with Gasteiger partial charge in [-0.25, -0.2) is 0 Å². The van der Waals surface area contributed by atoms with Crippen LogP contribution in [0.5, 0.6) is 0 Å².